The molecule has 1 aromatic rings. The topological polar surface area (TPSA) is 29.5 Å². The molecule has 1 aliphatic rings. The number of thioether (sulfide) groups is 1. The average Bonchev–Trinajstić information content (AvgIpc) is 2.47. The van der Waals surface area contributed by atoms with Gasteiger partial charge in [0.05, 0.1) is 12.4 Å². The number of methoxy groups -OCH3 is 1. The molecule has 1 amide bonds. The van der Waals surface area contributed by atoms with Crippen LogP contribution in [0, 0.1) is 11.7 Å². The van der Waals surface area contributed by atoms with E-state index < -0.39 is 0 Å². The van der Waals surface area contributed by atoms with E-state index in [1.165, 1.54) is 23.9 Å². The first-order valence-electron chi connectivity index (χ1n) is 6.84. The van der Waals surface area contributed by atoms with Crippen molar-refractivity contribution in [2.24, 2.45) is 5.92 Å². The van der Waals surface area contributed by atoms with Crippen molar-refractivity contribution in [1.29, 1.82) is 0 Å². The van der Waals surface area contributed by atoms with E-state index in [4.69, 9.17) is 4.74 Å². The van der Waals surface area contributed by atoms with Crippen molar-refractivity contribution in [2.75, 3.05) is 32.6 Å². The lowest BCUT2D eigenvalue weighted by Gasteiger charge is -2.32. The first-order chi connectivity index (χ1) is 9.69. The molecule has 3 nitrogen and oxygen atoms in total. The summed E-state index contributed by atoms with van der Waals surface area (Å²) < 4.78 is 18.0. The zero-order valence-corrected chi connectivity index (χ0v) is 12.5. The third kappa shape index (κ3) is 4.49. The molecule has 0 aromatic heterocycles. The summed E-state index contributed by atoms with van der Waals surface area (Å²) in [5, 5.41) is 0. The molecule has 0 aliphatic carbocycles. The fourth-order valence-corrected chi connectivity index (χ4v) is 3.23. The monoisotopic (exact) mass is 297 g/mol. The maximum absolute atomic E-state index is 12.8. The second-order valence-electron chi connectivity index (χ2n) is 5.05. The first kappa shape index (κ1) is 15.3. The lowest BCUT2D eigenvalue weighted by molar-refractivity contribution is -0.130. The number of ether oxygens (including phenoxy) is 1. The number of rotatable bonds is 5. The summed E-state index contributed by atoms with van der Waals surface area (Å²) in [5.74, 6) is 0.762. The molecule has 0 spiro atoms. The quantitative estimate of drug-likeness (QED) is 0.783. The molecular weight excluding hydrogens is 277 g/mol. The molecule has 20 heavy (non-hydrogen) atoms. The van der Waals surface area contributed by atoms with Crippen LogP contribution in [0.25, 0.3) is 0 Å². The molecule has 2 rings (SSSR count). The van der Waals surface area contributed by atoms with Gasteiger partial charge in [0.15, 0.2) is 0 Å². The molecular formula is C15H20FNO2S. The van der Waals surface area contributed by atoms with Crippen molar-refractivity contribution in [2.45, 2.75) is 17.7 Å². The third-order valence-corrected chi connectivity index (χ3v) is 4.45. The van der Waals surface area contributed by atoms with Crippen LogP contribution in [-0.4, -0.2) is 43.4 Å². The van der Waals surface area contributed by atoms with Crippen LogP contribution in [0.1, 0.15) is 12.8 Å². The second-order valence-corrected chi connectivity index (χ2v) is 6.09. The highest BCUT2D eigenvalue weighted by atomic mass is 32.2. The highest BCUT2D eigenvalue weighted by molar-refractivity contribution is 8.00. The Hall–Kier alpha value is -1.07. The minimum atomic E-state index is -0.251. The summed E-state index contributed by atoms with van der Waals surface area (Å²) in [5.41, 5.74) is 0. The number of amides is 1. The van der Waals surface area contributed by atoms with Gasteiger partial charge in [-0.25, -0.2) is 4.39 Å². The lowest BCUT2D eigenvalue weighted by atomic mass is 9.99. The number of hydrogen-bond acceptors (Lipinski definition) is 3. The molecule has 1 aliphatic heterocycles. The Morgan fingerprint density at radius 3 is 2.90 bits per heavy atom. The number of halogens is 1. The summed E-state index contributed by atoms with van der Waals surface area (Å²) in [7, 11) is 1.70. The Kier molecular flexibility index (Phi) is 5.86. The predicted molar refractivity (Wildman–Crippen MR) is 78.3 cm³/mol. The van der Waals surface area contributed by atoms with Crippen LogP contribution in [-0.2, 0) is 9.53 Å². The van der Waals surface area contributed by atoms with E-state index in [0.29, 0.717) is 11.7 Å². The molecule has 1 aromatic carbocycles. The molecule has 1 fully saturated rings. The first-order valence-corrected chi connectivity index (χ1v) is 7.82. The van der Waals surface area contributed by atoms with Crippen LogP contribution < -0.4 is 0 Å². The van der Waals surface area contributed by atoms with Crippen LogP contribution in [0.2, 0.25) is 0 Å². The van der Waals surface area contributed by atoms with Gasteiger partial charge in [0, 0.05) is 25.1 Å². The predicted octanol–water partition coefficient (Wildman–Crippen LogP) is 2.80. The van der Waals surface area contributed by atoms with Gasteiger partial charge in [-0.15, -0.1) is 11.8 Å². The Labute approximate surface area is 123 Å². The van der Waals surface area contributed by atoms with Crippen molar-refractivity contribution in [1.82, 2.24) is 4.90 Å². The number of hydrogen-bond donors (Lipinski definition) is 0. The fourth-order valence-electron chi connectivity index (χ4n) is 2.43. The van der Waals surface area contributed by atoms with E-state index in [1.807, 2.05) is 4.90 Å². The smallest absolute Gasteiger partial charge is 0.232 e. The Balaban J connectivity index is 1.80. The lowest BCUT2D eigenvalue weighted by Crippen LogP contribution is -2.42. The number of piperidine rings is 1. The van der Waals surface area contributed by atoms with E-state index in [1.54, 1.807) is 19.2 Å². The SMILES string of the molecule is COCC1CCCN(C(=O)CSc2ccc(F)cc2)C1. The van der Waals surface area contributed by atoms with Crippen molar-refractivity contribution in [3.8, 4) is 0 Å². The number of carbonyl (C=O) groups is 1. The largest absolute Gasteiger partial charge is 0.384 e. The van der Waals surface area contributed by atoms with E-state index in [2.05, 4.69) is 0 Å². The van der Waals surface area contributed by atoms with Crippen LogP contribution in [0.3, 0.4) is 0 Å². The Bertz CT molecular complexity index is 436. The highest BCUT2D eigenvalue weighted by Gasteiger charge is 2.23. The Morgan fingerprint density at radius 1 is 1.45 bits per heavy atom. The van der Waals surface area contributed by atoms with Crippen LogP contribution in [0.5, 0.6) is 0 Å². The normalized spacial score (nSPS) is 19.1. The molecule has 1 unspecified atom stereocenters. The van der Waals surface area contributed by atoms with E-state index in [-0.39, 0.29) is 11.7 Å². The molecule has 110 valence electrons. The van der Waals surface area contributed by atoms with Gasteiger partial charge in [-0.2, -0.15) is 0 Å². The van der Waals surface area contributed by atoms with Crippen molar-refractivity contribution >= 4 is 17.7 Å². The summed E-state index contributed by atoms with van der Waals surface area (Å²) in [6.07, 6.45) is 2.17. The minimum absolute atomic E-state index is 0.153. The number of benzene rings is 1. The zero-order valence-electron chi connectivity index (χ0n) is 11.7. The third-order valence-electron chi connectivity index (χ3n) is 3.45. The minimum Gasteiger partial charge on any atom is -0.384 e. The average molecular weight is 297 g/mol. The molecule has 1 saturated heterocycles. The van der Waals surface area contributed by atoms with Gasteiger partial charge in [-0.1, -0.05) is 0 Å². The molecule has 0 bridgehead atoms. The summed E-state index contributed by atoms with van der Waals surface area (Å²) in [6.45, 7) is 2.34. The zero-order chi connectivity index (χ0) is 14.4. The maximum Gasteiger partial charge on any atom is 0.232 e. The van der Waals surface area contributed by atoms with Crippen LogP contribution in [0.4, 0.5) is 4.39 Å². The van der Waals surface area contributed by atoms with Crippen LogP contribution >= 0.6 is 11.8 Å². The maximum atomic E-state index is 12.8. The van der Waals surface area contributed by atoms with E-state index >= 15 is 0 Å². The second kappa shape index (κ2) is 7.64. The molecule has 1 atom stereocenters. The molecule has 5 heteroatoms. The van der Waals surface area contributed by atoms with Gasteiger partial charge < -0.3 is 9.64 Å². The summed E-state index contributed by atoms with van der Waals surface area (Å²) in [6, 6.07) is 6.25. The summed E-state index contributed by atoms with van der Waals surface area (Å²) in [4.78, 5) is 15.0. The van der Waals surface area contributed by atoms with Gasteiger partial charge in [-0.05, 0) is 43.0 Å². The number of nitrogens with zero attached hydrogens (tertiary/aromatic N) is 1. The van der Waals surface area contributed by atoms with E-state index in [0.717, 1.165) is 37.4 Å². The molecule has 0 N–H and O–H groups in total. The van der Waals surface area contributed by atoms with Crippen molar-refractivity contribution in [3.63, 3.8) is 0 Å². The van der Waals surface area contributed by atoms with Crippen molar-refractivity contribution < 1.29 is 13.9 Å². The fraction of sp³-hybridized carbons (Fsp3) is 0.533. The number of carbonyl (C=O) groups excluding carboxylic acids is 1. The number of likely N-dealkylation sites (tertiary alicyclic amines) is 1. The van der Waals surface area contributed by atoms with Crippen molar-refractivity contribution in [3.05, 3.63) is 30.1 Å². The van der Waals surface area contributed by atoms with E-state index in [9.17, 15) is 9.18 Å². The standard InChI is InChI=1S/C15H20FNO2S/c1-19-10-12-3-2-8-17(9-12)15(18)11-20-14-6-4-13(16)5-7-14/h4-7,12H,2-3,8-11H2,1H3. The van der Waals surface area contributed by atoms with Gasteiger partial charge in [0.1, 0.15) is 5.82 Å². The van der Waals surface area contributed by atoms with Gasteiger partial charge in [0.25, 0.3) is 0 Å². The molecule has 0 radical (unpaired) electrons. The summed E-state index contributed by atoms with van der Waals surface area (Å²) >= 11 is 1.46. The van der Waals surface area contributed by atoms with Gasteiger partial charge in [-0.3, -0.25) is 4.79 Å². The van der Waals surface area contributed by atoms with Gasteiger partial charge >= 0.3 is 0 Å². The molecule has 0 saturated carbocycles. The Morgan fingerprint density at radius 2 is 2.20 bits per heavy atom. The highest BCUT2D eigenvalue weighted by Crippen LogP contribution is 2.21. The van der Waals surface area contributed by atoms with Crippen LogP contribution in [0.15, 0.2) is 29.2 Å². The molecule has 1 heterocycles. The van der Waals surface area contributed by atoms with Gasteiger partial charge in [0.2, 0.25) is 5.91 Å².